The highest BCUT2D eigenvalue weighted by molar-refractivity contribution is 8.12. The van der Waals surface area contributed by atoms with Crippen LogP contribution < -0.4 is 0 Å². The van der Waals surface area contributed by atoms with E-state index in [1.165, 1.54) is 4.58 Å². The second kappa shape index (κ2) is 1.79. The van der Waals surface area contributed by atoms with Gasteiger partial charge < -0.3 is 0 Å². The van der Waals surface area contributed by atoms with Crippen molar-refractivity contribution in [1.29, 1.82) is 5.26 Å². The van der Waals surface area contributed by atoms with Crippen molar-refractivity contribution in [2.75, 3.05) is 0 Å². The molecule has 1 N–H and O–H groups in total. The highest BCUT2D eigenvalue weighted by atomic mass is 32.3. The minimum atomic E-state index is -6.15. The van der Waals surface area contributed by atoms with Gasteiger partial charge in [0.05, 0.1) is 0 Å². The van der Waals surface area contributed by atoms with Crippen LogP contribution in [0.15, 0.2) is 4.58 Å². The topological polar surface area (TPSA) is 134 Å². The van der Waals surface area contributed by atoms with Gasteiger partial charge in [0.15, 0.2) is 4.33 Å². The largest absolute Gasteiger partial charge is 0.282 e. The van der Waals surface area contributed by atoms with Gasteiger partial charge in [-0.05, 0) is 0 Å². The van der Waals surface area contributed by atoms with Crippen molar-refractivity contribution >= 4 is 9.72 Å². The van der Waals surface area contributed by atoms with Crippen LogP contribution in [0.5, 0.6) is 0 Å². The van der Waals surface area contributed by atoms with Gasteiger partial charge in [-0.25, -0.2) is 14.7 Å². The van der Waals surface area contributed by atoms with Gasteiger partial charge in [-0.15, -0.1) is 9.12 Å². The van der Waals surface area contributed by atoms with E-state index >= 15 is 0 Å². The van der Waals surface area contributed by atoms with Gasteiger partial charge in [0.25, 0.3) is 5.40 Å². The molecule has 0 aliphatic carbocycles. The summed E-state index contributed by atoms with van der Waals surface area (Å²) in [4.78, 5) is 19.0. The van der Waals surface area contributed by atoms with E-state index in [9.17, 15) is 19.2 Å². The maximum absolute atomic E-state index is 10.2. The number of rotatable bonds is 2. The molecule has 0 atom stereocenters. The molecule has 0 heterocycles. The van der Waals surface area contributed by atoms with Crippen LogP contribution in [0.25, 0.3) is 0 Å². The minimum Gasteiger partial charge on any atom is -0.235 e. The van der Waals surface area contributed by atoms with Gasteiger partial charge in [-0.2, -0.15) is 5.26 Å². The Morgan fingerprint density at radius 3 is 2.20 bits per heavy atom. The molecule has 0 unspecified atom stereocenters. The molecule has 10 heavy (non-hydrogen) atoms. The average molecular weight is 167 g/mol. The molecular weight excluding hydrogens is 166 g/mol. The fourth-order valence-electron chi connectivity index (χ4n) is 0.0772. The van der Waals surface area contributed by atoms with Gasteiger partial charge in [-0.1, -0.05) is 0 Å². The van der Waals surface area contributed by atoms with E-state index < -0.39 is 14.0 Å². The lowest BCUT2D eigenvalue weighted by molar-refractivity contribution is -0.320. The zero-order chi connectivity index (χ0) is 8.44. The summed E-state index contributed by atoms with van der Waals surface area (Å²) in [5, 5.41) is 17.6. The van der Waals surface area contributed by atoms with Crippen molar-refractivity contribution in [3.63, 3.8) is 0 Å². The van der Waals surface area contributed by atoms with E-state index in [1.807, 2.05) is 0 Å². The maximum atomic E-state index is 10.2. The molecular formula is CHN3O5S. The molecule has 8 nitrogen and oxygen atoms in total. The zero-order valence-electron chi connectivity index (χ0n) is 4.33. The van der Waals surface area contributed by atoms with E-state index in [0.717, 1.165) is 0 Å². The zero-order valence-corrected chi connectivity index (χ0v) is 5.15. The van der Waals surface area contributed by atoms with Crippen molar-refractivity contribution in [2.24, 2.45) is 4.58 Å². The highest BCUT2D eigenvalue weighted by Gasteiger charge is 2.40. The first-order valence-corrected chi connectivity index (χ1v) is 3.53. The Labute approximate surface area is 54.1 Å². The SMILES string of the molecule is N#CS(=O)(O)(N=O)[N+](=O)[O-]. The fourth-order valence-corrected chi connectivity index (χ4v) is 0.232. The Kier molecular flexibility index (Phi) is 1.54. The van der Waals surface area contributed by atoms with E-state index in [-0.39, 0.29) is 0 Å². The quantitative estimate of drug-likeness (QED) is 0.258. The number of nitrogens with zero attached hydrogens (tertiary/aromatic N) is 3. The molecule has 0 aliphatic rings. The number of hydrogen-bond acceptors (Lipinski definition) is 5. The molecule has 56 valence electrons. The number of nitroso groups, excluding NO2 is 1. The van der Waals surface area contributed by atoms with Gasteiger partial charge in [0.2, 0.25) is 9.72 Å². The van der Waals surface area contributed by atoms with E-state index in [0.29, 0.717) is 5.40 Å². The highest BCUT2D eigenvalue weighted by Crippen LogP contribution is 2.20. The van der Waals surface area contributed by atoms with Gasteiger partial charge in [0, 0.05) is 0 Å². The number of hydrogen-bond donors (Lipinski definition) is 1. The van der Waals surface area contributed by atoms with Gasteiger partial charge in [0.1, 0.15) is 4.58 Å². The number of thiocyanates is 1. The van der Waals surface area contributed by atoms with E-state index in [2.05, 4.69) is 0 Å². The Bertz CT molecular complexity index is 288. The van der Waals surface area contributed by atoms with Crippen LogP contribution in [-0.4, -0.2) is 13.1 Å². The van der Waals surface area contributed by atoms with Crippen LogP contribution in [0.1, 0.15) is 0 Å². The Hall–Kier alpha value is -1.40. The summed E-state index contributed by atoms with van der Waals surface area (Å²) >= 11 is 0. The van der Waals surface area contributed by atoms with Crippen molar-refractivity contribution in [1.82, 2.24) is 0 Å². The van der Waals surface area contributed by atoms with Crippen molar-refractivity contribution < 1.29 is 13.1 Å². The maximum Gasteiger partial charge on any atom is 0.282 e. The Morgan fingerprint density at radius 2 is 2.20 bits per heavy atom. The van der Waals surface area contributed by atoms with Gasteiger partial charge >= 0.3 is 0 Å². The molecule has 0 radical (unpaired) electrons. The smallest absolute Gasteiger partial charge is 0.235 e. The summed E-state index contributed by atoms with van der Waals surface area (Å²) in [6, 6.07) is 0. The minimum absolute atomic E-state index is 0.334. The fraction of sp³-hybridized carbons (Fsp3) is 0. The van der Waals surface area contributed by atoms with Crippen molar-refractivity contribution in [3.8, 4) is 5.40 Å². The standard InChI is InChI=1S/CHN3O5S/c2-1-10(8,9,3-5)4(6)7/h(H,8,9). The second-order valence-corrected chi connectivity index (χ2v) is 3.50. The molecule has 0 amide bonds. The van der Waals surface area contributed by atoms with Gasteiger partial charge in [-0.3, -0.25) is 0 Å². The number of nitriles is 1. The lowest BCUT2D eigenvalue weighted by Gasteiger charge is -2.13. The summed E-state index contributed by atoms with van der Waals surface area (Å²) in [5.41, 5.74) is 0. The first-order valence-electron chi connectivity index (χ1n) is 1.69. The van der Waals surface area contributed by atoms with Crippen LogP contribution >= 0.6 is 0 Å². The summed E-state index contributed by atoms with van der Waals surface area (Å²) in [7, 11) is -6.15. The van der Waals surface area contributed by atoms with Crippen molar-refractivity contribution in [3.05, 3.63) is 15.0 Å². The molecule has 9 heteroatoms. The lowest BCUT2D eigenvalue weighted by atomic mass is 11.8. The van der Waals surface area contributed by atoms with Crippen LogP contribution in [0, 0.1) is 25.7 Å². The summed E-state index contributed by atoms with van der Waals surface area (Å²) in [6.07, 6.45) is 0. The van der Waals surface area contributed by atoms with Crippen LogP contribution in [-0.2, 0) is 9.72 Å². The number of nitro groups is 1. The summed E-state index contributed by atoms with van der Waals surface area (Å²) in [5.74, 6) is 0. The third kappa shape index (κ3) is 0.971. The molecule has 0 aromatic heterocycles. The van der Waals surface area contributed by atoms with Crippen LogP contribution in [0.4, 0.5) is 0 Å². The third-order valence-electron chi connectivity index (χ3n) is 0.563. The Balaban J connectivity index is 5.39. The second-order valence-electron chi connectivity index (χ2n) is 1.22. The first kappa shape index (κ1) is 8.60. The van der Waals surface area contributed by atoms with Crippen LogP contribution in [0.3, 0.4) is 0 Å². The predicted molar refractivity (Wildman–Crippen MR) is 29.2 cm³/mol. The van der Waals surface area contributed by atoms with Crippen LogP contribution in [0.2, 0.25) is 0 Å². The molecule has 0 rings (SSSR count). The monoisotopic (exact) mass is 167 g/mol. The van der Waals surface area contributed by atoms with E-state index in [1.54, 1.807) is 0 Å². The lowest BCUT2D eigenvalue weighted by Crippen LogP contribution is -2.35. The Morgan fingerprint density at radius 1 is 1.80 bits per heavy atom. The molecule has 0 bridgehead atoms. The molecule has 0 spiro atoms. The normalized spacial score (nSPS) is 14.2. The van der Waals surface area contributed by atoms with E-state index in [4.69, 9.17) is 9.81 Å². The average Bonchev–Trinajstić information content (AvgIpc) is 1.89. The molecule has 0 aromatic carbocycles. The third-order valence-corrected chi connectivity index (χ3v) is 1.69. The first-order chi connectivity index (χ1) is 4.35. The summed E-state index contributed by atoms with van der Waals surface area (Å²) in [6.45, 7) is 0. The summed E-state index contributed by atoms with van der Waals surface area (Å²) < 4.78 is 17.8. The predicted octanol–water partition coefficient (Wildman–Crippen LogP) is -0.366. The molecule has 0 aliphatic heterocycles. The molecule has 0 saturated carbocycles. The van der Waals surface area contributed by atoms with Crippen molar-refractivity contribution in [2.45, 2.75) is 0 Å². The molecule has 0 aromatic rings. The molecule has 0 fully saturated rings. The molecule has 0 saturated heterocycles.